The molecule has 3 nitrogen and oxygen atoms in total. The number of nitrogen functional groups attached to an aromatic ring is 1. The number of hydrogen-bond acceptors (Lipinski definition) is 3. The molecule has 0 spiro atoms. The molecule has 0 amide bonds. The first kappa shape index (κ1) is 11.2. The van der Waals surface area contributed by atoms with Gasteiger partial charge in [-0.15, -0.1) is 0 Å². The largest absolute Gasteiger partial charge is 0.397 e. The predicted molar refractivity (Wildman–Crippen MR) is 62.7 cm³/mol. The van der Waals surface area contributed by atoms with Crippen molar-refractivity contribution >= 4 is 11.4 Å². The lowest BCUT2D eigenvalue weighted by molar-refractivity contribution is 0.116. The first-order valence-electron chi connectivity index (χ1n) is 5.66. The molecular formula is C12H17FN2O. The molecule has 88 valence electrons. The van der Waals surface area contributed by atoms with Crippen LogP contribution in [0, 0.1) is 5.82 Å². The minimum Gasteiger partial charge on any atom is -0.397 e. The van der Waals surface area contributed by atoms with Gasteiger partial charge in [0.1, 0.15) is 5.82 Å². The molecule has 16 heavy (non-hydrogen) atoms. The van der Waals surface area contributed by atoms with E-state index in [0.29, 0.717) is 11.4 Å². The number of rotatable bonds is 2. The highest BCUT2D eigenvalue weighted by atomic mass is 19.1. The van der Waals surface area contributed by atoms with Crippen molar-refractivity contribution in [2.45, 2.75) is 37.8 Å². The zero-order valence-electron chi connectivity index (χ0n) is 9.12. The van der Waals surface area contributed by atoms with E-state index in [0.717, 1.165) is 25.7 Å². The van der Waals surface area contributed by atoms with Crippen molar-refractivity contribution in [2.24, 2.45) is 0 Å². The van der Waals surface area contributed by atoms with Crippen LogP contribution in [-0.4, -0.2) is 17.3 Å². The molecule has 2 atom stereocenters. The standard InChI is InChI=1S/C12H17FN2O/c13-8-5-6-9(14)11(7-8)15-10-3-1-2-4-12(10)16/h5-7,10,12,15-16H,1-4,14H2. The molecule has 0 aliphatic heterocycles. The molecule has 1 aromatic rings. The second kappa shape index (κ2) is 4.70. The second-order valence-corrected chi connectivity index (χ2v) is 4.33. The Bertz CT molecular complexity index is 370. The molecule has 2 rings (SSSR count). The van der Waals surface area contributed by atoms with E-state index >= 15 is 0 Å². The summed E-state index contributed by atoms with van der Waals surface area (Å²) in [5, 5.41) is 12.9. The van der Waals surface area contributed by atoms with Gasteiger partial charge < -0.3 is 16.2 Å². The third-order valence-corrected chi connectivity index (χ3v) is 3.09. The van der Waals surface area contributed by atoms with Gasteiger partial charge in [-0.25, -0.2) is 4.39 Å². The van der Waals surface area contributed by atoms with Crippen LogP contribution >= 0.6 is 0 Å². The van der Waals surface area contributed by atoms with Crippen molar-refractivity contribution in [3.63, 3.8) is 0 Å². The van der Waals surface area contributed by atoms with Crippen LogP contribution in [0.4, 0.5) is 15.8 Å². The minimum absolute atomic E-state index is 0.0159. The molecule has 4 N–H and O–H groups in total. The lowest BCUT2D eigenvalue weighted by Gasteiger charge is -2.29. The summed E-state index contributed by atoms with van der Waals surface area (Å²) in [6.07, 6.45) is 3.47. The van der Waals surface area contributed by atoms with Crippen molar-refractivity contribution in [1.82, 2.24) is 0 Å². The maximum atomic E-state index is 13.0. The Labute approximate surface area is 94.5 Å². The van der Waals surface area contributed by atoms with Crippen LogP contribution in [0.5, 0.6) is 0 Å². The highest BCUT2D eigenvalue weighted by Gasteiger charge is 2.23. The average molecular weight is 224 g/mol. The first-order chi connectivity index (χ1) is 7.66. The van der Waals surface area contributed by atoms with Crippen LogP contribution < -0.4 is 11.1 Å². The summed E-state index contributed by atoms with van der Waals surface area (Å²) in [5.74, 6) is -0.318. The lowest BCUT2D eigenvalue weighted by atomic mass is 9.92. The van der Waals surface area contributed by atoms with Crippen LogP contribution in [-0.2, 0) is 0 Å². The molecule has 1 aliphatic carbocycles. The van der Waals surface area contributed by atoms with Crippen LogP contribution in [0.1, 0.15) is 25.7 Å². The number of aliphatic hydroxyl groups excluding tert-OH is 1. The van der Waals surface area contributed by atoms with Crippen LogP contribution in [0.25, 0.3) is 0 Å². The smallest absolute Gasteiger partial charge is 0.125 e. The number of halogens is 1. The molecule has 1 fully saturated rings. The summed E-state index contributed by atoms with van der Waals surface area (Å²) in [4.78, 5) is 0. The van der Waals surface area contributed by atoms with E-state index in [2.05, 4.69) is 5.32 Å². The Balaban J connectivity index is 2.10. The molecule has 1 aliphatic rings. The zero-order chi connectivity index (χ0) is 11.5. The molecule has 4 heteroatoms. The maximum Gasteiger partial charge on any atom is 0.125 e. The van der Waals surface area contributed by atoms with Crippen LogP contribution in [0.15, 0.2) is 18.2 Å². The van der Waals surface area contributed by atoms with E-state index in [1.807, 2.05) is 0 Å². The van der Waals surface area contributed by atoms with Gasteiger partial charge >= 0.3 is 0 Å². The number of anilines is 2. The van der Waals surface area contributed by atoms with E-state index in [-0.39, 0.29) is 18.0 Å². The Hall–Kier alpha value is -1.29. The Morgan fingerprint density at radius 1 is 1.31 bits per heavy atom. The van der Waals surface area contributed by atoms with Gasteiger partial charge in [-0.3, -0.25) is 0 Å². The molecule has 1 aromatic carbocycles. The van der Waals surface area contributed by atoms with Gasteiger partial charge in [-0.05, 0) is 31.0 Å². The fourth-order valence-electron chi connectivity index (χ4n) is 2.13. The summed E-state index contributed by atoms with van der Waals surface area (Å²) < 4.78 is 13.0. The van der Waals surface area contributed by atoms with Crippen molar-refractivity contribution < 1.29 is 9.50 Å². The molecular weight excluding hydrogens is 207 g/mol. The van der Waals surface area contributed by atoms with E-state index in [1.165, 1.54) is 18.2 Å². The van der Waals surface area contributed by atoms with E-state index in [9.17, 15) is 9.50 Å². The molecule has 2 unspecified atom stereocenters. The third-order valence-electron chi connectivity index (χ3n) is 3.09. The number of aliphatic hydroxyl groups is 1. The second-order valence-electron chi connectivity index (χ2n) is 4.33. The van der Waals surface area contributed by atoms with Gasteiger partial charge in [0, 0.05) is 0 Å². The van der Waals surface area contributed by atoms with Gasteiger partial charge in [0.2, 0.25) is 0 Å². The Kier molecular flexibility index (Phi) is 3.29. The molecule has 0 bridgehead atoms. The van der Waals surface area contributed by atoms with E-state index < -0.39 is 0 Å². The van der Waals surface area contributed by atoms with Crippen LogP contribution in [0.2, 0.25) is 0 Å². The molecule has 0 heterocycles. The summed E-state index contributed by atoms with van der Waals surface area (Å²) in [6, 6.07) is 4.22. The quantitative estimate of drug-likeness (QED) is 0.674. The third kappa shape index (κ3) is 2.44. The number of nitrogens with one attached hydrogen (secondary N) is 1. The normalized spacial score (nSPS) is 25.4. The lowest BCUT2D eigenvalue weighted by Crippen LogP contribution is -2.36. The highest BCUT2D eigenvalue weighted by molar-refractivity contribution is 5.66. The van der Waals surface area contributed by atoms with E-state index in [1.54, 1.807) is 0 Å². The summed E-state index contributed by atoms with van der Waals surface area (Å²) in [7, 11) is 0. The first-order valence-corrected chi connectivity index (χ1v) is 5.66. The Morgan fingerprint density at radius 3 is 2.81 bits per heavy atom. The monoisotopic (exact) mass is 224 g/mol. The number of benzene rings is 1. The van der Waals surface area contributed by atoms with Crippen molar-refractivity contribution in [1.29, 1.82) is 0 Å². The maximum absolute atomic E-state index is 13.0. The van der Waals surface area contributed by atoms with Crippen LogP contribution in [0.3, 0.4) is 0 Å². The fraction of sp³-hybridized carbons (Fsp3) is 0.500. The van der Waals surface area contributed by atoms with E-state index in [4.69, 9.17) is 5.73 Å². The van der Waals surface area contributed by atoms with Crippen molar-refractivity contribution in [3.05, 3.63) is 24.0 Å². The van der Waals surface area contributed by atoms with Crippen molar-refractivity contribution in [3.8, 4) is 0 Å². The predicted octanol–water partition coefficient (Wildman–Crippen LogP) is 2.12. The fourth-order valence-corrected chi connectivity index (χ4v) is 2.13. The average Bonchev–Trinajstić information content (AvgIpc) is 2.27. The molecule has 1 saturated carbocycles. The number of hydrogen-bond donors (Lipinski definition) is 3. The molecule has 0 radical (unpaired) electrons. The zero-order valence-corrected chi connectivity index (χ0v) is 9.12. The topological polar surface area (TPSA) is 58.3 Å². The summed E-state index contributed by atoms with van der Waals surface area (Å²) in [5.41, 5.74) is 6.83. The van der Waals surface area contributed by atoms with Gasteiger partial charge in [-0.1, -0.05) is 12.8 Å². The number of nitrogens with two attached hydrogens (primary N) is 1. The SMILES string of the molecule is Nc1ccc(F)cc1NC1CCCCC1O. The molecule has 0 aromatic heterocycles. The summed E-state index contributed by atoms with van der Waals surface area (Å²) >= 11 is 0. The van der Waals surface area contributed by atoms with Gasteiger partial charge in [0.05, 0.1) is 23.5 Å². The molecule has 0 saturated heterocycles. The summed E-state index contributed by atoms with van der Waals surface area (Å²) in [6.45, 7) is 0. The van der Waals surface area contributed by atoms with Crippen molar-refractivity contribution in [2.75, 3.05) is 11.1 Å². The van der Waals surface area contributed by atoms with Gasteiger partial charge in [0.15, 0.2) is 0 Å². The Morgan fingerprint density at radius 2 is 2.06 bits per heavy atom. The van der Waals surface area contributed by atoms with Gasteiger partial charge in [-0.2, -0.15) is 0 Å². The highest BCUT2D eigenvalue weighted by Crippen LogP contribution is 2.25. The minimum atomic E-state index is -0.364. The van der Waals surface area contributed by atoms with Gasteiger partial charge in [0.25, 0.3) is 0 Å².